The van der Waals surface area contributed by atoms with E-state index in [9.17, 15) is 20.5 Å². The molecule has 0 aliphatic carbocycles. The minimum atomic E-state index is -1.93. The summed E-state index contributed by atoms with van der Waals surface area (Å²) in [6, 6.07) is 8.68. The smallest absolute Gasteiger partial charge is 0.185 e. The molecule has 154 valence electrons. The standard InChI is InChI=1S/C19H23N5O5/c1-11(2)19(24-10-22-14-16(23-28)20-9-21-17(14)24)18(27,12-6-4-3-5-7-12)15(26)13(8-25)29-19/h3-7,9-11,13,15,25-28H,8H2,1-2H3,(H,20,21,23)/t13-,15-,18-,19-/m1/s1. The Bertz CT molecular complexity index is 1010. The van der Waals surface area contributed by atoms with E-state index in [-0.39, 0.29) is 17.0 Å². The molecule has 0 amide bonds. The zero-order chi connectivity index (χ0) is 20.8. The summed E-state index contributed by atoms with van der Waals surface area (Å²) in [7, 11) is 0. The van der Waals surface area contributed by atoms with E-state index in [1.807, 2.05) is 19.3 Å². The van der Waals surface area contributed by atoms with Gasteiger partial charge in [0.15, 0.2) is 28.3 Å². The molecule has 10 heteroatoms. The first-order chi connectivity index (χ1) is 13.9. The van der Waals surface area contributed by atoms with Crippen LogP contribution in [0.5, 0.6) is 0 Å². The molecule has 1 aliphatic rings. The number of rotatable bonds is 5. The molecular weight excluding hydrogens is 378 g/mol. The summed E-state index contributed by atoms with van der Waals surface area (Å²) < 4.78 is 7.73. The Labute approximate surface area is 166 Å². The molecule has 10 nitrogen and oxygen atoms in total. The highest BCUT2D eigenvalue weighted by Crippen LogP contribution is 2.54. The van der Waals surface area contributed by atoms with Gasteiger partial charge in [-0.3, -0.25) is 15.3 Å². The zero-order valence-electron chi connectivity index (χ0n) is 16.0. The number of benzene rings is 1. The lowest BCUT2D eigenvalue weighted by atomic mass is 9.74. The van der Waals surface area contributed by atoms with E-state index in [2.05, 4.69) is 15.0 Å². The number of nitrogens with zero attached hydrogens (tertiary/aromatic N) is 4. The van der Waals surface area contributed by atoms with Gasteiger partial charge in [-0.1, -0.05) is 44.2 Å². The van der Waals surface area contributed by atoms with Crippen molar-refractivity contribution in [2.45, 2.75) is 37.4 Å². The fraction of sp³-hybridized carbons (Fsp3) is 0.421. The van der Waals surface area contributed by atoms with Crippen molar-refractivity contribution in [2.75, 3.05) is 12.1 Å². The molecular formula is C19H23N5O5. The fourth-order valence-corrected chi connectivity index (χ4v) is 4.33. The monoisotopic (exact) mass is 401 g/mol. The average molecular weight is 401 g/mol. The van der Waals surface area contributed by atoms with E-state index in [0.29, 0.717) is 5.56 Å². The van der Waals surface area contributed by atoms with Gasteiger partial charge < -0.3 is 20.1 Å². The SMILES string of the molecule is CC(C)[C@@]1(n2cnc3c(NO)ncnc32)O[C@H](CO)[C@@H](O)[C@]1(O)c1ccccc1. The first-order valence-corrected chi connectivity index (χ1v) is 9.25. The first kappa shape index (κ1) is 19.7. The van der Waals surface area contributed by atoms with Crippen molar-refractivity contribution in [1.82, 2.24) is 19.5 Å². The van der Waals surface area contributed by atoms with Crippen molar-refractivity contribution >= 4 is 17.0 Å². The van der Waals surface area contributed by atoms with Crippen LogP contribution in [0.15, 0.2) is 43.0 Å². The predicted octanol–water partition coefficient (Wildman–Crippen LogP) is 0.576. The molecule has 1 aliphatic heterocycles. The van der Waals surface area contributed by atoms with Crippen LogP contribution in [0.4, 0.5) is 5.82 Å². The topological polar surface area (TPSA) is 146 Å². The normalized spacial score (nSPS) is 29.6. The third-order valence-electron chi connectivity index (χ3n) is 5.63. The summed E-state index contributed by atoms with van der Waals surface area (Å²) in [4.78, 5) is 12.5. The summed E-state index contributed by atoms with van der Waals surface area (Å²) in [5, 5.41) is 42.3. The Balaban J connectivity index is 2.05. The van der Waals surface area contributed by atoms with Gasteiger partial charge in [-0.2, -0.15) is 0 Å². The number of aliphatic hydroxyl groups is 3. The zero-order valence-corrected chi connectivity index (χ0v) is 16.0. The third kappa shape index (κ3) is 2.51. The minimum absolute atomic E-state index is 0.0909. The Morgan fingerprint density at radius 2 is 1.93 bits per heavy atom. The highest BCUT2D eigenvalue weighted by Gasteiger charge is 2.68. The van der Waals surface area contributed by atoms with Gasteiger partial charge in [0.2, 0.25) is 0 Å². The Morgan fingerprint density at radius 1 is 1.21 bits per heavy atom. The van der Waals surface area contributed by atoms with Gasteiger partial charge in [0.05, 0.1) is 12.9 Å². The molecule has 3 aromatic rings. The van der Waals surface area contributed by atoms with Crippen LogP contribution < -0.4 is 5.48 Å². The van der Waals surface area contributed by atoms with Crippen molar-refractivity contribution in [3.8, 4) is 0 Å². The van der Waals surface area contributed by atoms with Crippen molar-refractivity contribution in [2.24, 2.45) is 5.92 Å². The second-order valence-corrected chi connectivity index (χ2v) is 7.39. The lowest BCUT2D eigenvalue weighted by Crippen LogP contribution is -2.58. The molecule has 0 unspecified atom stereocenters. The molecule has 1 fully saturated rings. The Morgan fingerprint density at radius 3 is 2.55 bits per heavy atom. The summed E-state index contributed by atoms with van der Waals surface area (Å²) >= 11 is 0. The van der Waals surface area contributed by atoms with Gasteiger partial charge in [-0.15, -0.1) is 0 Å². The number of aromatic nitrogens is 4. The van der Waals surface area contributed by atoms with Crippen LogP contribution >= 0.6 is 0 Å². The highest BCUT2D eigenvalue weighted by molar-refractivity contribution is 5.82. The van der Waals surface area contributed by atoms with Crippen LogP contribution in [0, 0.1) is 5.92 Å². The van der Waals surface area contributed by atoms with Gasteiger partial charge in [-0.05, 0) is 5.56 Å². The molecule has 5 N–H and O–H groups in total. The van der Waals surface area contributed by atoms with Crippen LogP contribution in [-0.2, 0) is 16.1 Å². The number of fused-ring (bicyclic) bond motifs is 1. The summed E-state index contributed by atoms with van der Waals surface area (Å²) in [5.41, 5.74) is -0.543. The quantitative estimate of drug-likeness (QED) is 0.387. The second-order valence-electron chi connectivity index (χ2n) is 7.39. The van der Waals surface area contributed by atoms with Crippen LogP contribution in [0.2, 0.25) is 0 Å². The average Bonchev–Trinajstić information content (AvgIpc) is 3.27. The van der Waals surface area contributed by atoms with E-state index in [0.717, 1.165) is 0 Å². The van der Waals surface area contributed by atoms with Gasteiger partial charge in [0.25, 0.3) is 0 Å². The first-order valence-electron chi connectivity index (χ1n) is 9.25. The van der Waals surface area contributed by atoms with Gasteiger partial charge in [-0.25, -0.2) is 15.0 Å². The molecule has 1 saturated heterocycles. The summed E-state index contributed by atoms with van der Waals surface area (Å²) in [5.74, 6) is -0.301. The van der Waals surface area contributed by atoms with Crippen LogP contribution in [0.25, 0.3) is 11.2 Å². The van der Waals surface area contributed by atoms with Crippen molar-refractivity contribution in [3.05, 3.63) is 48.5 Å². The molecule has 0 saturated carbocycles. The Kier molecular flexibility index (Phi) is 4.75. The van der Waals surface area contributed by atoms with E-state index >= 15 is 0 Å². The molecule has 29 heavy (non-hydrogen) atoms. The fourth-order valence-electron chi connectivity index (χ4n) is 4.33. The molecule has 4 rings (SSSR count). The number of imidazole rings is 1. The van der Waals surface area contributed by atoms with Crippen LogP contribution in [-0.4, -0.2) is 58.9 Å². The van der Waals surface area contributed by atoms with Crippen LogP contribution in [0.3, 0.4) is 0 Å². The largest absolute Gasteiger partial charge is 0.394 e. The molecule has 0 spiro atoms. The lowest BCUT2D eigenvalue weighted by Gasteiger charge is -2.45. The predicted molar refractivity (Wildman–Crippen MR) is 102 cm³/mol. The molecule has 3 heterocycles. The molecule has 0 bridgehead atoms. The van der Waals surface area contributed by atoms with Crippen molar-refractivity contribution in [3.63, 3.8) is 0 Å². The second kappa shape index (κ2) is 7.01. The summed E-state index contributed by atoms with van der Waals surface area (Å²) in [6.45, 7) is 3.17. The number of hydrogen-bond acceptors (Lipinski definition) is 9. The molecule has 2 aromatic heterocycles. The van der Waals surface area contributed by atoms with E-state index < -0.39 is 36.1 Å². The number of nitrogens with one attached hydrogen (secondary N) is 1. The maximum atomic E-state index is 12.0. The van der Waals surface area contributed by atoms with Gasteiger partial charge >= 0.3 is 0 Å². The minimum Gasteiger partial charge on any atom is -0.394 e. The maximum Gasteiger partial charge on any atom is 0.185 e. The van der Waals surface area contributed by atoms with Crippen LogP contribution in [0.1, 0.15) is 19.4 Å². The van der Waals surface area contributed by atoms with E-state index in [4.69, 9.17) is 4.74 Å². The molecule has 4 atom stereocenters. The van der Waals surface area contributed by atoms with E-state index in [1.165, 1.54) is 17.2 Å². The van der Waals surface area contributed by atoms with E-state index in [1.54, 1.807) is 30.3 Å². The Hall–Kier alpha value is -2.63. The maximum absolute atomic E-state index is 12.0. The summed E-state index contributed by atoms with van der Waals surface area (Å²) in [6.07, 6.45) is 0.189. The number of ether oxygens (including phenoxy) is 1. The van der Waals surface area contributed by atoms with Crippen molar-refractivity contribution in [1.29, 1.82) is 0 Å². The number of anilines is 1. The van der Waals surface area contributed by atoms with Gasteiger partial charge in [0, 0.05) is 5.92 Å². The molecule has 0 radical (unpaired) electrons. The number of hydrogen-bond donors (Lipinski definition) is 5. The molecule has 1 aromatic carbocycles. The third-order valence-corrected chi connectivity index (χ3v) is 5.63. The van der Waals surface area contributed by atoms with Gasteiger partial charge in [0.1, 0.15) is 18.5 Å². The number of aliphatic hydroxyl groups excluding tert-OH is 2. The highest BCUT2D eigenvalue weighted by atomic mass is 16.6. The lowest BCUT2D eigenvalue weighted by molar-refractivity contribution is -0.225. The van der Waals surface area contributed by atoms with Crippen molar-refractivity contribution < 1.29 is 25.3 Å².